The van der Waals surface area contributed by atoms with Crippen LogP contribution in [0.5, 0.6) is 0 Å². The van der Waals surface area contributed by atoms with E-state index in [1.165, 1.54) is 4.68 Å². The molecule has 128 valence electrons. The first-order valence-corrected chi connectivity index (χ1v) is 8.22. The van der Waals surface area contributed by atoms with Gasteiger partial charge in [0.1, 0.15) is 0 Å². The Bertz CT molecular complexity index is 681. The number of aryl methyl sites for hydroxylation is 1. The van der Waals surface area contributed by atoms with Crippen LogP contribution in [0, 0.1) is 0 Å². The Hall–Kier alpha value is -2.41. The first kappa shape index (κ1) is 16.4. The second-order valence-electron chi connectivity index (χ2n) is 6.24. The fraction of sp³-hybridized carbons (Fsp3) is 0.471. The number of rotatable bonds is 5. The van der Waals surface area contributed by atoms with Gasteiger partial charge in [-0.05, 0) is 24.8 Å². The number of carbonyl (C=O) groups excluding carboxylic acids is 1. The van der Waals surface area contributed by atoms with Gasteiger partial charge in [0.05, 0.1) is 18.6 Å². The molecular weight excluding hydrogens is 306 g/mol. The van der Waals surface area contributed by atoms with Gasteiger partial charge in [0.15, 0.2) is 5.82 Å². The van der Waals surface area contributed by atoms with Gasteiger partial charge >= 0.3 is 0 Å². The molecular formula is C17H23N5O2. The van der Waals surface area contributed by atoms with E-state index in [0.717, 1.165) is 18.4 Å². The van der Waals surface area contributed by atoms with Gasteiger partial charge in [-0.25, -0.2) is 4.68 Å². The molecule has 2 aromatic rings. The zero-order valence-electron chi connectivity index (χ0n) is 13.8. The van der Waals surface area contributed by atoms with Crippen LogP contribution in [-0.4, -0.2) is 43.3 Å². The highest BCUT2D eigenvalue weighted by Crippen LogP contribution is 2.31. The molecule has 0 spiro atoms. The number of hydrogen-bond acceptors (Lipinski definition) is 5. The molecule has 3 rings (SSSR count). The highest BCUT2D eigenvalue weighted by atomic mass is 16.3. The number of aliphatic hydroxyl groups is 1. The number of likely N-dealkylation sites (tertiary alicyclic amines) is 1. The van der Waals surface area contributed by atoms with E-state index in [0.29, 0.717) is 24.7 Å². The predicted molar refractivity (Wildman–Crippen MR) is 89.9 cm³/mol. The first-order valence-electron chi connectivity index (χ1n) is 8.22. The summed E-state index contributed by atoms with van der Waals surface area (Å²) in [6, 6.07) is 9.54. The van der Waals surface area contributed by atoms with Gasteiger partial charge in [-0.15, -0.1) is 0 Å². The molecule has 1 aliphatic heterocycles. The molecule has 2 unspecified atom stereocenters. The van der Waals surface area contributed by atoms with E-state index in [-0.39, 0.29) is 18.4 Å². The summed E-state index contributed by atoms with van der Waals surface area (Å²) < 4.78 is 1.51. The number of carbonyl (C=O) groups is 1. The Morgan fingerprint density at radius 2 is 2.17 bits per heavy atom. The van der Waals surface area contributed by atoms with Gasteiger partial charge < -0.3 is 15.7 Å². The third-order valence-electron chi connectivity index (χ3n) is 4.41. The number of benzene rings is 1. The second-order valence-corrected chi connectivity index (χ2v) is 6.24. The summed E-state index contributed by atoms with van der Waals surface area (Å²) in [5.41, 5.74) is 6.77. The van der Waals surface area contributed by atoms with Crippen LogP contribution in [0.1, 0.15) is 36.7 Å². The zero-order chi connectivity index (χ0) is 17.1. The summed E-state index contributed by atoms with van der Waals surface area (Å²) in [4.78, 5) is 18.6. The SMILES string of the molecule is Cn1nc(C2CCCN2C(=O)CC(O)Cc2ccccc2)nc1N. The largest absolute Gasteiger partial charge is 0.392 e. The topological polar surface area (TPSA) is 97.3 Å². The minimum atomic E-state index is -0.692. The Morgan fingerprint density at radius 1 is 1.42 bits per heavy atom. The van der Waals surface area contributed by atoms with Crippen LogP contribution < -0.4 is 5.73 Å². The van der Waals surface area contributed by atoms with Gasteiger partial charge in [0.2, 0.25) is 11.9 Å². The van der Waals surface area contributed by atoms with Gasteiger partial charge in [0, 0.05) is 13.6 Å². The molecule has 0 saturated carbocycles. The van der Waals surface area contributed by atoms with Crippen molar-refractivity contribution in [3.05, 3.63) is 41.7 Å². The van der Waals surface area contributed by atoms with Gasteiger partial charge in [-0.3, -0.25) is 4.79 Å². The summed E-state index contributed by atoms with van der Waals surface area (Å²) in [7, 11) is 1.73. The molecule has 3 N–H and O–H groups in total. The van der Waals surface area contributed by atoms with E-state index < -0.39 is 6.10 Å². The van der Waals surface area contributed by atoms with Crippen molar-refractivity contribution in [2.45, 2.75) is 37.8 Å². The summed E-state index contributed by atoms with van der Waals surface area (Å²) in [5, 5.41) is 14.5. The summed E-state index contributed by atoms with van der Waals surface area (Å²) in [6.07, 6.45) is 1.61. The lowest BCUT2D eigenvalue weighted by atomic mass is 10.1. The van der Waals surface area contributed by atoms with Crippen LogP contribution in [-0.2, 0) is 18.3 Å². The molecule has 7 nitrogen and oxygen atoms in total. The van der Waals surface area contributed by atoms with Crippen molar-refractivity contribution in [3.8, 4) is 0 Å². The van der Waals surface area contributed by atoms with E-state index in [2.05, 4.69) is 10.1 Å². The Labute approximate surface area is 141 Å². The molecule has 1 fully saturated rings. The molecule has 1 amide bonds. The number of nitrogens with two attached hydrogens (primary N) is 1. The molecule has 1 aliphatic rings. The molecule has 1 saturated heterocycles. The Kier molecular flexibility index (Phi) is 4.80. The molecule has 2 heterocycles. The lowest BCUT2D eigenvalue weighted by Crippen LogP contribution is -2.34. The normalized spacial score (nSPS) is 18.8. The standard InChI is InChI=1S/C17H23N5O2/c1-21-17(18)19-16(20-21)14-8-5-9-22(14)15(24)11-13(23)10-12-6-3-2-4-7-12/h2-4,6-7,13-14,23H,5,8-11H2,1H3,(H2,18,19,20). The quantitative estimate of drug-likeness (QED) is 0.855. The van der Waals surface area contributed by atoms with Crippen LogP contribution in [0.15, 0.2) is 30.3 Å². The van der Waals surface area contributed by atoms with Gasteiger partial charge in [0.25, 0.3) is 0 Å². The fourth-order valence-corrected chi connectivity index (χ4v) is 3.17. The van der Waals surface area contributed by atoms with Crippen LogP contribution in [0.25, 0.3) is 0 Å². The zero-order valence-corrected chi connectivity index (χ0v) is 13.8. The maximum absolute atomic E-state index is 12.6. The third-order valence-corrected chi connectivity index (χ3v) is 4.41. The maximum atomic E-state index is 12.6. The summed E-state index contributed by atoms with van der Waals surface area (Å²) >= 11 is 0. The van der Waals surface area contributed by atoms with E-state index >= 15 is 0 Å². The van der Waals surface area contributed by atoms with Gasteiger partial charge in [-0.1, -0.05) is 30.3 Å². The molecule has 7 heteroatoms. The van der Waals surface area contributed by atoms with E-state index in [4.69, 9.17) is 5.73 Å². The van der Waals surface area contributed by atoms with Crippen LogP contribution in [0.3, 0.4) is 0 Å². The molecule has 0 bridgehead atoms. The summed E-state index contributed by atoms with van der Waals surface area (Å²) in [5.74, 6) is 0.860. The highest BCUT2D eigenvalue weighted by Gasteiger charge is 2.33. The number of hydrogen-bond donors (Lipinski definition) is 2. The molecule has 24 heavy (non-hydrogen) atoms. The molecule has 1 aromatic heterocycles. The molecule has 0 aliphatic carbocycles. The fourth-order valence-electron chi connectivity index (χ4n) is 3.17. The number of nitrogen functional groups attached to an aromatic ring is 1. The van der Waals surface area contributed by atoms with Crippen molar-refractivity contribution in [2.24, 2.45) is 7.05 Å². The van der Waals surface area contributed by atoms with Crippen molar-refractivity contribution in [1.82, 2.24) is 19.7 Å². The Morgan fingerprint density at radius 3 is 2.83 bits per heavy atom. The summed E-state index contributed by atoms with van der Waals surface area (Å²) in [6.45, 7) is 0.666. The maximum Gasteiger partial charge on any atom is 0.225 e. The Balaban J connectivity index is 1.63. The van der Waals surface area contributed by atoms with E-state index in [1.54, 1.807) is 11.9 Å². The lowest BCUT2D eigenvalue weighted by Gasteiger charge is -2.24. The number of nitrogens with zero attached hydrogens (tertiary/aromatic N) is 4. The molecule has 1 aromatic carbocycles. The average molecular weight is 329 g/mol. The van der Waals surface area contributed by atoms with Gasteiger partial charge in [-0.2, -0.15) is 10.1 Å². The number of aromatic nitrogens is 3. The minimum Gasteiger partial charge on any atom is -0.392 e. The van der Waals surface area contributed by atoms with E-state index in [1.807, 2.05) is 30.3 Å². The van der Waals surface area contributed by atoms with Crippen molar-refractivity contribution < 1.29 is 9.90 Å². The average Bonchev–Trinajstić information content (AvgIpc) is 3.15. The number of anilines is 1. The van der Waals surface area contributed by atoms with Crippen molar-refractivity contribution in [2.75, 3.05) is 12.3 Å². The highest BCUT2D eigenvalue weighted by molar-refractivity contribution is 5.77. The van der Waals surface area contributed by atoms with Crippen LogP contribution in [0.4, 0.5) is 5.95 Å². The number of amides is 1. The molecule has 0 radical (unpaired) electrons. The number of aliphatic hydroxyl groups excluding tert-OH is 1. The van der Waals surface area contributed by atoms with Crippen LogP contribution in [0.2, 0.25) is 0 Å². The van der Waals surface area contributed by atoms with Crippen LogP contribution >= 0.6 is 0 Å². The lowest BCUT2D eigenvalue weighted by molar-refractivity contribution is -0.134. The van der Waals surface area contributed by atoms with E-state index in [9.17, 15) is 9.90 Å². The predicted octanol–water partition coefficient (Wildman–Crippen LogP) is 1.05. The monoisotopic (exact) mass is 329 g/mol. The smallest absolute Gasteiger partial charge is 0.225 e. The minimum absolute atomic E-state index is 0.0630. The van der Waals surface area contributed by atoms with Crippen molar-refractivity contribution in [3.63, 3.8) is 0 Å². The second kappa shape index (κ2) is 7.00. The van der Waals surface area contributed by atoms with Crippen molar-refractivity contribution >= 4 is 11.9 Å². The first-order chi connectivity index (χ1) is 11.5. The molecule has 2 atom stereocenters. The third kappa shape index (κ3) is 3.56. The van der Waals surface area contributed by atoms with Crippen molar-refractivity contribution in [1.29, 1.82) is 0 Å².